The van der Waals surface area contributed by atoms with Crippen molar-refractivity contribution in [2.75, 3.05) is 17.7 Å². The van der Waals surface area contributed by atoms with E-state index in [4.69, 9.17) is 4.74 Å². The van der Waals surface area contributed by atoms with Crippen molar-refractivity contribution in [1.29, 1.82) is 0 Å². The summed E-state index contributed by atoms with van der Waals surface area (Å²) in [6, 6.07) is 12.6. The molecule has 0 spiro atoms. The number of aromatic nitrogens is 3. The Morgan fingerprint density at radius 1 is 1.25 bits per heavy atom. The fourth-order valence-corrected chi connectivity index (χ4v) is 3.31. The molecule has 1 atom stereocenters. The Bertz CT molecular complexity index is 1080. The van der Waals surface area contributed by atoms with Crippen LogP contribution in [0.4, 0.5) is 16.0 Å². The number of rotatable bonds is 4. The summed E-state index contributed by atoms with van der Waals surface area (Å²) in [5.41, 5.74) is 2.16. The number of nitrogens with zero attached hydrogens (tertiary/aromatic N) is 3. The van der Waals surface area contributed by atoms with Gasteiger partial charge in [-0.05, 0) is 36.8 Å². The minimum absolute atomic E-state index is 0.343. The lowest BCUT2D eigenvalue weighted by molar-refractivity contribution is -0.113. The maximum atomic E-state index is 13.9. The summed E-state index contributed by atoms with van der Waals surface area (Å²) < 4.78 is 20.8. The minimum atomic E-state index is -0.621. The topological polar surface area (TPSA) is 81.1 Å². The predicted octanol–water partition coefficient (Wildman–Crippen LogP) is 3.35. The average Bonchev–Trinajstić information content (AvgIpc) is 3.15. The number of para-hydroxylation sites is 2. The molecule has 1 aliphatic rings. The molecular formula is C20H18FN5O2. The van der Waals surface area contributed by atoms with E-state index in [2.05, 4.69) is 20.7 Å². The van der Waals surface area contributed by atoms with Crippen LogP contribution in [0.2, 0.25) is 0 Å². The van der Waals surface area contributed by atoms with Gasteiger partial charge in [-0.25, -0.2) is 9.07 Å². The van der Waals surface area contributed by atoms with Crippen molar-refractivity contribution < 1.29 is 13.9 Å². The number of amides is 1. The van der Waals surface area contributed by atoms with Crippen LogP contribution in [0.15, 0.2) is 66.1 Å². The standard InChI is InChI=1S/C20H18FN5O2/c1-12-17(19(27)25-15-8-3-4-9-16(15)28-2)18(13-6-5-7-14(21)10-13)26-20(24-12)22-11-23-26/h3-11,18H,1-2H3,(H,25,27)(H,22,23,24)/t18-/m1/s1. The van der Waals surface area contributed by atoms with Gasteiger partial charge < -0.3 is 15.4 Å². The van der Waals surface area contributed by atoms with Crippen molar-refractivity contribution >= 4 is 17.5 Å². The third-order valence-corrected chi connectivity index (χ3v) is 4.56. The molecule has 0 fully saturated rings. The van der Waals surface area contributed by atoms with Crippen molar-refractivity contribution in [3.05, 3.63) is 77.5 Å². The smallest absolute Gasteiger partial charge is 0.255 e. The van der Waals surface area contributed by atoms with Gasteiger partial charge in [-0.15, -0.1) is 0 Å². The zero-order valence-corrected chi connectivity index (χ0v) is 15.3. The zero-order chi connectivity index (χ0) is 19.7. The van der Waals surface area contributed by atoms with Gasteiger partial charge in [0.05, 0.1) is 18.4 Å². The summed E-state index contributed by atoms with van der Waals surface area (Å²) in [4.78, 5) is 17.4. The van der Waals surface area contributed by atoms with E-state index in [0.717, 1.165) is 0 Å². The number of carbonyl (C=O) groups excluding carboxylic acids is 1. The molecule has 8 heteroatoms. The summed E-state index contributed by atoms with van der Waals surface area (Å²) in [6.45, 7) is 1.78. The molecule has 0 saturated carbocycles. The lowest BCUT2D eigenvalue weighted by Gasteiger charge is -2.28. The van der Waals surface area contributed by atoms with Crippen LogP contribution in [0.25, 0.3) is 0 Å². The van der Waals surface area contributed by atoms with Gasteiger partial charge in [0.1, 0.15) is 23.9 Å². The van der Waals surface area contributed by atoms with E-state index < -0.39 is 6.04 Å². The van der Waals surface area contributed by atoms with E-state index in [0.29, 0.717) is 34.2 Å². The Morgan fingerprint density at radius 2 is 2.07 bits per heavy atom. The van der Waals surface area contributed by atoms with E-state index in [9.17, 15) is 9.18 Å². The highest BCUT2D eigenvalue weighted by Gasteiger charge is 2.33. The first kappa shape index (κ1) is 17.7. The van der Waals surface area contributed by atoms with Crippen LogP contribution in [-0.2, 0) is 4.79 Å². The third-order valence-electron chi connectivity index (χ3n) is 4.56. The second-order valence-electron chi connectivity index (χ2n) is 6.30. The van der Waals surface area contributed by atoms with Crippen LogP contribution in [0.5, 0.6) is 5.75 Å². The van der Waals surface area contributed by atoms with Crippen molar-refractivity contribution in [1.82, 2.24) is 14.8 Å². The highest BCUT2D eigenvalue weighted by atomic mass is 19.1. The largest absolute Gasteiger partial charge is 0.495 e. The van der Waals surface area contributed by atoms with Crippen molar-refractivity contribution in [2.24, 2.45) is 0 Å². The van der Waals surface area contributed by atoms with Crippen LogP contribution >= 0.6 is 0 Å². The molecule has 0 aliphatic carbocycles. The van der Waals surface area contributed by atoms with Crippen molar-refractivity contribution in [3.8, 4) is 5.75 Å². The van der Waals surface area contributed by atoms with Gasteiger partial charge in [0.15, 0.2) is 0 Å². The third kappa shape index (κ3) is 3.09. The zero-order valence-electron chi connectivity index (χ0n) is 15.3. The summed E-state index contributed by atoms with van der Waals surface area (Å²) in [5.74, 6) is 0.298. The number of hydrogen-bond acceptors (Lipinski definition) is 5. The van der Waals surface area contributed by atoms with Gasteiger partial charge in [0.2, 0.25) is 5.95 Å². The predicted molar refractivity (Wildman–Crippen MR) is 103 cm³/mol. The monoisotopic (exact) mass is 379 g/mol. The summed E-state index contributed by atoms with van der Waals surface area (Å²) in [7, 11) is 1.54. The Kier molecular flexibility index (Phi) is 4.52. The fraction of sp³-hybridized carbons (Fsp3) is 0.150. The SMILES string of the molecule is COc1ccccc1NC(=O)C1=C(C)Nc2ncnn2[C@@H]1c1cccc(F)c1. The molecule has 1 amide bonds. The normalized spacial score (nSPS) is 15.6. The van der Waals surface area contributed by atoms with Crippen LogP contribution in [0.1, 0.15) is 18.5 Å². The highest BCUT2D eigenvalue weighted by Crippen LogP contribution is 2.36. The second kappa shape index (κ2) is 7.15. The molecule has 1 aromatic heterocycles. The Balaban J connectivity index is 1.77. The summed E-state index contributed by atoms with van der Waals surface area (Å²) in [5, 5.41) is 10.2. The molecule has 0 bridgehead atoms. The fourth-order valence-electron chi connectivity index (χ4n) is 3.31. The van der Waals surface area contributed by atoms with E-state index >= 15 is 0 Å². The molecule has 4 rings (SSSR count). The van der Waals surface area contributed by atoms with E-state index in [1.165, 1.54) is 25.6 Å². The first-order valence-electron chi connectivity index (χ1n) is 8.65. The van der Waals surface area contributed by atoms with Crippen LogP contribution in [-0.4, -0.2) is 27.8 Å². The van der Waals surface area contributed by atoms with Crippen LogP contribution in [0.3, 0.4) is 0 Å². The lowest BCUT2D eigenvalue weighted by atomic mass is 9.95. The number of carbonyl (C=O) groups is 1. The van der Waals surface area contributed by atoms with Gasteiger partial charge in [0, 0.05) is 5.70 Å². The maximum absolute atomic E-state index is 13.9. The molecule has 3 aromatic rings. The summed E-state index contributed by atoms with van der Waals surface area (Å²) >= 11 is 0. The molecule has 2 aromatic carbocycles. The number of methoxy groups -OCH3 is 1. The first-order chi connectivity index (χ1) is 13.6. The van der Waals surface area contributed by atoms with Crippen molar-refractivity contribution in [2.45, 2.75) is 13.0 Å². The molecule has 0 unspecified atom stereocenters. The molecule has 28 heavy (non-hydrogen) atoms. The number of hydrogen-bond donors (Lipinski definition) is 2. The van der Waals surface area contributed by atoms with E-state index in [-0.39, 0.29) is 11.7 Å². The number of fused-ring (bicyclic) bond motifs is 1. The number of benzene rings is 2. The molecule has 142 valence electrons. The van der Waals surface area contributed by atoms with Crippen LogP contribution in [0, 0.1) is 5.82 Å². The average molecular weight is 379 g/mol. The van der Waals surface area contributed by atoms with Gasteiger partial charge in [-0.1, -0.05) is 24.3 Å². The minimum Gasteiger partial charge on any atom is -0.495 e. The summed E-state index contributed by atoms with van der Waals surface area (Å²) in [6.07, 6.45) is 1.39. The molecule has 0 radical (unpaired) electrons. The first-order valence-corrected chi connectivity index (χ1v) is 8.65. The quantitative estimate of drug-likeness (QED) is 0.727. The highest BCUT2D eigenvalue weighted by molar-refractivity contribution is 6.06. The molecular weight excluding hydrogens is 361 g/mol. The lowest BCUT2D eigenvalue weighted by Crippen LogP contribution is -2.31. The number of nitrogens with one attached hydrogen (secondary N) is 2. The van der Waals surface area contributed by atoms with Crippen LogP contribution < -0.4 is 15.4 Å². The van der Waals surface area contributed by atoms with Gasteiger partial charge in [-0.3, -0.25) is 4.79 Å². The van der Waals surface area contributed by atoms with E-state index in [1.54, 1.807) is 41.9 Å². The van der Waals surface area contributed by atoms with Crippen molar-refractivity contribution in [3.63, 3.8) is 0 Å². The number of allylic oxidation sites excluding steroid dienone is 1. The number of halogens is 1. The number of anilines is 2. The molecule has 2 N–H and O–H groups in total. The maximum Gasteiger partial charge on any atom is 0.255 e. The Labute approximate surface area is 160 Å². The molecule has 7 nitrogen and oxygen atoms in total. The number of ether oxygens (including phenoxy) is 1. The Hall–Kier alpha value is -3.68. The van der Waals surface area contributed by atoms with E-state index in [1.807, 2.05) is 6.07 Å². The molecule has 1 aliphatic heterocycles. The second-order valence-corrected chi connectivity index (χ2v) is 6.30. The Morgan fingerprint density at radius 3 is 2.86 bits per heavy atom. The van der Waals surface area contributed by atoms with Gasteiger partial charge in [-0.2, -0.15) is 10.1 Å². The van der Waals surface area contributed by atoms with Gasteiger partial charge >= 0.3 is 0 Å². The molecule has 0 saturated heterocycles. The molecule has 2 heterocycles. The van der Waals surface area contributed by atoms with Gasteiger partial charge in [0.25, 0.3) is 5.91 Å².